The lowest BCUT2D eigenvalue weighted by molar-refractivity contribution is 0.211. The summed E-state index contributed by atoms with van der Waals surface area (Å²) in [4.78, 5) is 10.7. The van der Waals surface area contributed by atoms with Gasteiger partial charge in [0.1, 0.15) is 24.2 Å². The molecule has 0 amide bonds. The highest BCUT2D eigenvalue weighted by Crippen LogP contribution is 2.45. The molecule has 1 N–H and O–H groups in total. The number of fused-ring (bicyclic) bond motifs is 3. The number of hydrogen-bond donors (Lipinski definition) is 1. The Balaban J connectivity index is 1.09. The van der Waals surface area contributed by atoms with E-state index >= 15 is 0 Å². The van der Waals surface area contributed by atoms with Crippen LogP contribution in [-0.2, 0) is 13.2 Å². The average molecular weight is 550 g/mol. The molecule has 42 heavy (non-hydrogen) atoms. The maximum absolute atomic E-state index is 9.06. The quantitative estimate of drug-likeness (QED) is 0.239. The van der Waals surface area contributed by atoms with Crippen LogP contribution in [0.5, 0.6) is 5.75 Å². The molecule has 6 heteroatoms. The lowest BCUT2D eigenvalue weighted by Crippen LogP contribution is -2.38. The minimum absolute atomic E-state index is 0.200. The van der Waals surface area contributed by atoms with Crippen LogP contribution in [-0.4, -0.2) is 34.0 Å². The summed E-state index contributed by atoms with van der Waals surface area (Å²) in [7, 11) is 0. The molecule has 3 heterocycles. The van der Waals surface area contributed by atoms with Crippen LogP contribution in [0.1, 0.15) is 29.8 Å². The number of nitrogens with one attached hydrogen (secondary N) is 1. The zero-order valence-electron chi connectivity index (χ0n) is 23.3. The molecule has 2 aliphatic heterocycles. The fraction of sp³-hybridized carbons (Fsp3) is 0.194. The van der Waals surface area contributed by atoms with Gasteiger partial charge in [0.2, 0.25) is 5.82 Å². The van der Waals surface area contributed by atoms with E-state index in [2.05, 4.69) is 105 Å². The third-order valence-electron chi connectivity index (χ3n) is 8.29. The summed E-state index contributed by atoms with van der Waals surface area (Å²) in [5.41, 5.74) is 9.85. The van der Waals surface area contributed by atoms with Gasteiger partial charge in [-0.1, -0.05) is 84.9 Å². The minimum atomic E-state index is 0.200. The second kappa shape index (κ2) is 11.5. The Labute approximate surface area is 246 Å². The molecule has 1 aromatic heterocycles. The van der Waals surface area contributed by atoms with Crippen LogP contribution in [0.25, 0.3) is 33.4 Å². The number of nitrogens with zero attached hydrogens (tertiary/aromatic N) is 4. The van der Waals surface area contributed by atoms with Crippen molar-refractivity contribution < 1.29 is 4.74 Å². The van der Waals surface area contributed by atoms with Gasteiger partial charge in [0, 0.05) is 43.0 Å². The number of benzene rings is 4. The number of aromatic nitrogens is 2. The summed E-state index contributed by atoms with van der Waals surface area (Å²) in [5.74, 6) is 1.87. The predicted octanol–water partition coefficient (Wildman–Crippen LogP) is 7.32. The number of para-hydroxylation sites is 1. The second-order valence-corrected chi connectivity index (χ2v) is 10.9. The van der Waals surface area contributed by atoms with Crippen LogP contribution in [0.2, 0.25) is 0 Å². The number of nitriles is 1. The normalized spacial score (nSPS) is 14.7. The van der Waals surface area contributed by atoms with Crippen molar-refractivity contribution >= 4 is 5.82 Å². The minimum Gasteiger partial charge on any atom is -0.488 e. The van der Waals surface area contributed by atoms with Crippen molar-refractivity contribution in [2.75, 3.05) is 18.4 Å². The van der Waals surface area contributed by atoms with Crippen LogP contribution in [0.4, 0.5) is 5.82 Å². The summed E-state index contributed by atoms with van der Waals surface area (Å²) < 4.78 is 6.23. The third-order valence-corrected chi connectivity index (χ3v) is 8.29. The van der Waals surface area contributed by atoms with Crippen molar-refractivity contribution in [3.05, 3.63) is 120 Å². The zero-order valence-corrected chi connectivity index (χ0v) is 23.3. The molecular weight excluding hydrogens is 518 g/mol. The highest BCUT2D eigenvalue weighted by Gasteiger charge is 2.24. The van der Waals surface area contributed by atoms with Gasteiger partial charge >= 0.3 is 0 Å². The van der Waals surface area contributed by atoms with Gasteiger partial charge < -0.3 is 10.1 Å². The lowest BCUT2D eigenvalue weighted by Gasteiger charge is -2.32. The summed E-state index contributed by atoms with van der Waals surface area (Å²) in [6.45, 7) is 3.52. The average Bonchev–Trinajstić information content (AvgIpc) is 3.06. The summed E-state index contributed by atoms with van der Waals surface area (Å²) >= 11 is 0. The Hall–Kier alpha value is -4.99. The van der Waals surface area contributed by atoms with Crippen molar-refractivity contribution in [1.82, 2.24) is 14.9 Å². The summed E-state index contributed by atoms with van der Waals surface area (Å²) in [5, 5.41) is 12.5. The zero-order chi connectivity index (χ0) is 28.3. The Bertz CT molecular complexity index is 1750. The molecule has 0 unspecified atom stereocenters. The fourth-order valence-corrected chi connectivity index (χ4v) is 6.18. The van der Waals surface area contributed by atoms with E-state index in [0.717, 1.165) is 49.6 Å². The van der Waals surface area contributed by atoms with Crippen molar-refractivity contribution in [3.8, 4) is 45.2 Å². The number of ether oxygens (including phenoxy) is 1. The molecular formula is C36H31N5O. The van der Waals surface area contributed by atoms with Crippen molar-refractivity contribution in [3.63, 3.8) is 0 Å². The van der Waals surface area contributed by atoms with E-state index in [9.17, 15) is 0 Å². The van der Waals surface area contributed by atoms with Crippen LogP contribution >= 0.6 is 0 Å². The largest absolute Gasteiger partial charge is 0.488 e. The van der Waals surface area contributed by atoms with Crippen LogP contribution in [0, 0.1) is 11.3 Å². The van der Waals surface area contributed by atoms with Gasteiger partial charge in [0.25, 0.3) is 0 Å². The first kappa shape index (κ1) is 25.9. The Morgan fingerprint density at radius 1 is 0.810 bits per heavy atom. The van der Waals surface area contributed by atoms with E-state index in [-0.39, 0.29) is 5.82 Å². The fourth-order valence-electron chi connectivity index (χ4n) is 6.18. The monoisotopic (exact) mass is 549 g/mol. The van der Waals surface area contributed by atoms with E-state index < -0.39 is 0 Å². The number of anilines is 1. The van der Waals surface area contributed by atoms with E-state index in [1.165, 1.54) is 38.9 Å². The van der Waals surface area contributed by atoms with Crippen molar-refractivity contribution in [2.24, 2.45) is 0 Å². The van der Waals surface area contributed by atoms with Gasteiger partial charge in [0.15, 0.2) is 0 Å². The molecule has 0 spiro atoms. The van der Waals surface area contributed by atoms with Gasteiger partial charge in [0.05, 0.1) is 0 Å². The molecule has 7 rings (SSSR count). The molecule has 2 aliphatic rings. The third kappa shape index (κ3) is 5.23. The molecule has 206 valence electrons. The molecule has 0 saturated carbocycles. The molecule has 0 radical (unpaired) electrons. The highest BCUT2D eigenvalue weighted by atomic mass is 16.5. The number of piperidine rings is 1. The standard InChI is InChI=1S/C36H31N5O/c37-22-35-38-19-16-34(40-35)39-28-17-20-41(21-18-28)23-25-10-12-26(13-11-25)29-14-15-30-31-8-4-5-9-33(31)42-24-32(30)36(29)27-6-2-1-3-7-27/h1-16,19,28H,17-18,20-21,23-24H2,(H,38,39,40). The SMILES string of the molecule is N#Cc1nccc(NC2CCN(Cc3ccc(-c4ccc5c(c4-c4ccccc4)COc4ccccc4-5)cc3)CC2)n1. The van der Waals surface area contributed by atoms with Crippen LogP contribution < -0.4 is 10.1 Å². The van der Waals surface area contributed by atoms with E-state index in [1.54, 1.807) is 6.20 Å². The second-order valence-electron chi connectivity index (χ2n) is 10.9. The van der Waals surface area contributed by atoms with Gasteiger partial charge in [-0.15, -0.1) is 0 Å². The van der Waals surface area contributed by atoms with Crippen LogP contribution in [0.3, 0.4) is 0 Å². The first-order chi connectivity index (χ1) is 20.7. The van der Waals surface area contributed by atoms with Crippen molar-refractivity contribution in [1.29, 1.82) is 5.26 Å². The van der Waals surface area contributed by atoms with Gasteiger partial charge in [-0.3, -0.25) is 4.90 Å². The first-order valence-electron chi connectivity index (χ1n) is 14.5. The Morgan fingerprint density at radius 2 is 1.57 bits per heavy atom. The Morgan fingerprint density at radius 3 is 2.38 bits per heavy atom. The Kier molecular flexibility index (Phi) is 7.09. The number of hydrogen-bond acceptors (Lipinski definition) is 6. The molecule has 1 saturated heterocycles. The molecule has 6 nitrogen and oxygen atoms in total. The highest BCUT2D eigenvalue weighted by molar-refractivity contribution is 5.92. The van der Waals surface area contributed by atoms with E-state index in [0.29, 0.717) is 12.6 Å². The van der Waals surface area contributed by atoms with E-state index in [4.69, 9.17) is 10.00 Å². The topological polar surface area (TPSA) is 74.1 Å². The first-order valence-corrected chi connectivity index (χ1v) is 14.5. The van der Waals surface area contributed by atoms with Crippen molar-refractivity contribution in [2.45, 2.75) is 32.0 Å². The molecule has 1 fully saturated rings. The molecule has 5 aromatic rings. The van der Waals surface area contributed by atoms with Crippen LogP contribution in [0.15, 0.2) is 103 Å². The predicted molar refractivity (Wildman–Crippen MR) is 166 cm³/mol. The summed E-state index contributed by atoms with van der Waals surface area (Å²) in [6, 6.07) is 36.7. The number of likely N-dealkylation sites (tertiary alicyclic amines) is 1. The lowest BCUT2D eigenvalue weighted by atomic mass is 9.85. The summed E-state index contributed by atoms with van der Waals surface area (Å²) in [6.07, 6.45) is 3.70. The molecule has 4 aromatic carbocycles. The van der Waals surface area contributed by atoms with Gasteiger partial charge in [-0.25, -0.2) is 9.97 Å². The molecule has 0 atom stereocenters. The molecule has 0 aliphatic carbocycles. The van der Waals surface area contributed by atoms with Gasteiger partial charge in [-0.05, 0) is 58.4 Å². The number of rotatable bonds is 6. The maximum Gasteiger partial charge on any atom is 0.234 e. The maximum atomic E-state index is 9.06. The molecule has 0 bridgehead atoms. The smallest absolute Gasteiger partial charge is 0.234 e. The van der Waals surface area contributed by atoms with Gasteiger partial charge in [-0.2, -0.15) is 5.26 Å². The van der Waals surface area contributed by atoms with E-state index in [1.807, 2.05) is 18.2 Å².